The molecule has 2 aromatic rings. The van der Waals surface area contributed by atoms with Crippen molar-refractivity contribution < 1.29 is 4.79 Å². The Bertz CT molecular complexity index is 551. The van der Waals surface area contributed by atoms with E-state index in [1.54, 1.807) is 6.20 Å². The Morgan fingerprint density at radius 3 is 2.85 bits per heavy atom. The average molecular weight is 272 g/mol. The quantitative estimate of drug-likeness (QED) is 0.846. The fourth-order valence-electron chi connectivity index (χ4n) is 2.02. The van der Waals surface area contributed by atoms with Crippen molar-refractivity contribution in [3.63, 3.8) is 0 Å². The molecule has 1 aromatic heterocycles. The Hall–Kier alpha value is -2.14. The Balaban J connectivity index is 1.91. The minimum absolute atomic E-state index is 0.0537. The number of nitrogens with zero attached hydrogens (tertiary/aromatic N) is 2. The van der Waals surface area contributed by atoms with E-state index in [2.05, 4.69) is 22.7 Å². The van der Waals surface area contributed by atoms with Crippen LogP contribution < -0.4 is 10.6 Å². The number of amides is 1. The second kappa shape index (κ2) is 6.86. The number of hydrogen-bond acceptors (Lipinski definition) is 3. The highest BCUT2D eigenvalue weighted by Gasteiger charge is 2.06. The SMILES string of the molecule is CC(=O)Nc1ccccc1CNC(C)Cn1cccn1. The summed E-state index contributed by atoms with van der Waals surface area (Å²) >= 11 is 0. The third-order valence-corrected chi connectivity index (χ3v) is 2.99. The van der Waals surface area contributed by atoms with Crippen LogP contribution in [0.5, 0.6) is 0 Å². The zero-order valence-electron chi connectivity index (χ0n) is 11.8. The van der Waals surface area contributed by atoms with E-state index in [1.165, 1.54) is 6.92 Å². The monoisotopic (exact) mass is 272 g/mol. The van der Waals surface area contributed by atoms with E-state index < -0.39 is 0 Å². The highest BCUT2D eigenvalue weighted by molar-refractivity contribution is 5.89. The molecule has 0 radical (unpaired) electrons. The van der Waals surface area contributed by atoms with Gasteiger partial charge in [0.25, 0.3) is 0 Å². The molecule has 5 heteroatoms. The molecule has 0 aliphatic rings. The van der Waals surface area contributed by atoms with Gasteiger partial charge in [0.05, 0.1) is 6.54 Å². The van der Waals surface area contributed by atoms with Gasteiger partial charge in [-0.15, -0.1) is 0 Å². The maximum absolute atomic E-state index is 11.2. The molecule has 5 nitrogen and oxygen atoms in total. The van der Waals surface area contributed by atoms with Gasteiger partial charge >= 0.3 is 0 Å². The lowest BCUT2D eigenvalue weighted by Crippen LogP contribution is -2.30. The summed E-state index contributed by atoms with van der Waals surface area (Å²) < 4.78 is 1.90. The van der Waals surface area contributed by atoms with Gasteiger partial charge < -0.3 is 10.6 Å². The summed E-state index contributed by atoms with van der Waals surface area (Å²) in [5.41, 5.74) is 1.94. The minimum atomic E-state index is -0.0537. The number of anilines is 1. The standard InChI is InChI=1S/C15H20N4O/c1-12(11-19-9-5-8-17-19)16-10-14-6-3-4-7-15(14)18-13(2)20/h3-9,12,16H,10-11H2,1-2H3,(H,18,20). The summed E-state index contributed by atoms with van der Waals surface area (Å²) in [6, 6.07) is 10.0. The Labute approximate surface area is 119 Å². The number of para-hydroxylation sites is 1. The lowest BCUT2D eigenvalue weighted by atomic mass is 10.1. The van der Waals surface area contributed by atoms with Crippen LogP contribution in [0.1, 0.15) is 19.4 Å². The molecule has 0 bridgehead atoms. The maximum Gasteiger partial charge on any atom is 0.221 e. The molecule has 2 rings (SSSR count). The third-order valence-electron chi connectivity index (χ3n) is 2.99. The van der Waals surface area contributed by atoms with Crippen LogP contribution in [0.4, 0.5) is 5.69 Å². The van der Waals surface area contributed by atoms with E-state index in [9.17, 15) is 4.79 Å². The van der Waals surface area contributed by atoms with Crippen LogP contribution in [-0.2, 0) is 17.9 Å². The Kier molecular flexibility index (Phi) is 4.90. The third kappa shape index (κ3) is 4.20. The van der Waals surface area contributed by atoms with Crippen molar-refractivity contribution in [1.29, 1.82) is 0 Å². The van der Waals surface area contributed by atoms with Crippen molar-refractivity contribution in [1.82, 2.24) is 15.1 Å². The van der Waals surface area contributed by atoms with Gasteiger partial charge in [-0.1, -0.05) is 18.2 Å². The van der Waals surface area contributed by atoms with Crippen LogP contribution in [0.15, 0.2) is 42.7 Å². The van der Waals surface area contributed by atoms with Crippen LogP contribution in [0.3, 0.4) is 0 Å². The zero-order chi connectivity index (χ0) is 14.4. The molecule has 2 N–H and O–H groups in total. The molecule has 0 fully saturated rings. The normalized spacial score (nSPS) is 12.1. The van der Waals surface area contributed by atoms with E-state index >= 15 is 0 Å². The van der Waals surface area contributed by atoms with E-state index in [4.69, 9.17) is 0 Å². The largest absolute Gasteiger partial charge is 0.326 e. The molecule has 1 aromatic carbocycles. The van der Waals surface area contributed by atoms with Crippen molar-refractivity contribution in [3.05, 3.63) is 48.3 Å². The molecule has 20 heavy (non-hydrogen) atoms. The number of benzene rings is 1. The maximum atomic E-state index is 11.2. The van der Waals surface area contributed by atoms with Gasteiger partial charge in [-0.25, -0.2) is 0 Å². The first kappa shape index (κ1) is 14.3. The van der Waals surface area contributed by atoms with Gasteiger partial charge in [-0.2, -0.15) is 5.10 Å². The van der Waals surface area contributed by atoms with Gasteiger partial charge in [0.1, 0.15) is 0 Å². The molecule has 0 aliphatic carbocycles. The van der Waals surface area contributed by atoms with Gasteiger partial charge in [-0.05, 0) is 24.6 Å². The first-order chi connectivity index (χ1) is 9.65. The number of rotatable bonds is 6. The van der Waals surface area contributed by atoms with Crippen molar-refractivity contribution in [2.24, 2.45) is 0 Å². The van der Waals surface area contributed by atoms with E-state index in [1.807, 2.05) is 41.2 Å². The van der Waals surface area contributed by atoms with Crippen LogP contribution >= 0.6 is 0 Å². The predicted octanol–water partition coefficient (Wildman–Crippen LogP) is 2.02. The van der Waals surface area contributed by atoms with Crippen molar-refractivity contribution in [2.75, 3.05) is 5.32 Å². The van der Waals surface area contributed by atoms with Crippen molar-refractivity contribution >= 4 is 11.6 Å². The smallest absolute Gasteiger partial charge is 0.221 e. The fraction of sp³-hybridized carbons (Fsp3) is 0.333. The van der Waals surface area contributed by atoms with Gasteiger partial charge in [0.15, 0.2) is 0 Å². The number of aromatic nitrogens is 2. The minimum Gasteiger partial charge on any atom is -0.326 e. The molecule has 106 valence electrons. The van der Waals surface area contributed by atoms with E-state index in [0.717, 1.165) is 17.8 Å². The lowest BCUT2D eigenvalue weighted by molar-refractivity contribution is -0.114. The van der Waals surface area contributed by atoms with Crippen molar-refractivity contribution in [2.45, 2.75) is 33.0 Å². The van der Waals surface area contributed by atoms with Crippen LogP contribution in [0.2, 0.25) is 0 Å². The van der Waals surface area contributed by atoms with Crippen LogP contribution in [0.25, 0.3) is 0 Å². The average Bonchev–Trinajstić information content (AvgIpc) is 2.90. The summed E-state index contributed by atoms with van der Waals surface area (Å²) in [6.45, 7) is 5.15. The van der Waals surface area contributed by atoms with Crippen LogP contribution in [0, 0.1) is 0 Å². The van der Waals surface area contributed by atoms with E-state index in [-0.39, 0.29) is 5.91 Å². The molecule has 0 aliphatic heterocycles. The first-order valence-electron chi connectivity index (χ1n) is 6.71. The number of carbonyl (C=O) groups is 1. The predicted molar refractivity (Wildman–Crippen MR) is 79.3 cm³/mol. The zero-order valence-corrected chi connectivity index (χ0v) is 11.8. The summed E-state index contributed by atoms with van der Waals surface area (Å²) in [4.78, 5) is 11.2. The molecule has 0 saturated carbocycles. The Morgan fingerprint density at radius 1 is 1.35 bits per heavy atom. The lowest BCUT2D eigenvalue weighted by Gasteiger charge is -2.16. The summed E-state index contributed by atoms with van der Waals surface area (Å²) in [5, 5.41) is 10.5. The molecule has 1 amide bonds. The summed E-state index contributed by atoms with van der Waals surface area (Å²) in [5.74, 6) is -0.0537. The molecular formula is C15H20N4O. The molecule has 1 atom stereocenters. The number of hydrogen-bond donors (Lipinski definition) is 2. The second-order valence-corrected chi connectivity index (χ2v) is 4.85. The van der Waals surface area contributed by atoms with Crippen LogP contribution in [-0.4, -0.2) is 21.7 Å². The molecular weight excluding hydrogens is 252 g/mol. The summed E-state index contributed by atoms with van der Waals surface area (Å²) in [7, 11) is 0. The summed E-state index contributed by atoms with van der Waals surface area (Å²) in [6.07, 6.45) is 3.72. The number of carbonyl (C=O) groups excluding carboxylic acids is 1. The van der Waals surface area contributed by atoms with Gasteiger partial charge in [0, 0.05) is 37.6 Å². The molecule has 0 saturated heterocycles. The second-order valence-electron chi connectivity index (χ2n) is 4.85. The molecule has 0 spiro atoms. The number of nitrogens with one attached hydrogen (secondary N) is 2. The van der Waals surface area contributed by atoms with Gasteiger partial charge in [0.2, 0.25) is 5.91 Å². The Morgan fingerprint density at radius 2 is 2.15 bits per heavy atom. The fourth-order valence-corrected chi connectivity index (χ4v) is 2.02. The highest BCUT2D eigenvalue weighted by Crippen LogP contribution is 2.14. The van der Waals surface area contributed by atoms with E-state index in [0.29, 0.717) is 12.6 Å². The van der Waals surface area contributed by atoms with Crippen molar-refractivity contribution in [3.8, 4) is 0 Å². The molecule has 1 heterocycles. The highest BCUT2D eigenvalue weighted by atomic mass is 16.1. The topological polar surface area (TPSA) is 59.0 Å². The molecule has 1 unspecified atom stereocenters. The first-order valence-corrected chi connectivity index (χ1v) is 6.71. The van der Waals surface area contributed by atoms with Gasteiger partial charge in [-0.3, -0.25) is 9.48 Å².